The van der Waals surface area contributed by atoms with Crippen LogP contribution >= 0.6 is 11.3 Å². The highest BCUT2D eigenvalue weighted by Crippen LogP contribution is 2.22. The molecule has 0 bridgehead atoms. The van der Waals surface area contributed by atoms with Crippen LogP contribution in [0.2, 0.25) is 0 Å². The Balaban J connectivity index is 2.29. The molecule has 1 aromatic carbocycles. The summed E-state index contributed by atoms with van der Waals surface area (Å²) in [6.07, 6.45) is 0. The number of thiophene rings is 1. The lowest BCUT2D eigenvalue weighted by Gasteiger charge is -2.27. The normalized spacial score (nSPS) is 10.8. The molecule has 0 aliphatic rings. The molecule has 2 N–H and O–H groups in total. The number of hydrogen-bond donors (Lipinski definition) is 1. The van der Waals surface area contributed by atoms with Gasteiger partial charge in [-0.1, -0.05) is 18.2 Å². The lowest BCUT2D eigenvalue weighted by molar-refractivity contribution is 0.0693. The Morgan fingerprint density at radius 3 is 2.65 bits per heavy atom. The number of anilines is 1. The van der Waals surface area contributed by atoms with E-state index in [0.29, 0.717) is 17.8 Å². The second-order valence-corrected chi connectivity index (χ2v) is 6.17. The predicted molar refractivity (Wildman–Crippen MR) is 84.9 cm³/mol. The predicted octanol–water partition coefficient (Wildman–Crippen LogP) is 3.69. The SMILES string of the molecule is Cc1cccc(C(=O)N(Cc2cccs2)C(C)C)c1N. The molecule has 20 heavy (non-hydrogen) atoms. The maximum absolute atomic E-state index is 12.7. The van der Waals surface area contributed by atoms with Crippen molar-refractivity contribution in [3.63, 3.8) is 0 Å². The maximum atomic E-state index is 12.7. The van der Waals surface area contributed by atoms with Crippen molar-refractivity contribution in [2.75, 3.05) is 5.73 Å². The zero-order valence-corrected chi connectivity index (χ0v) is 12.9. The second-order valence-electron chi connectivity index (χ2n) is 5.14. The summed E-state index contributed by atoms with van der Waals surface area (Å²) in [6.45, 7) is 6.60. The molecule has 1 amide bonds. The fraction of sp³-hybridized carbons (Fsp3) is 0.312. The minimum atomic E-state index is -0.00500. The van der Waals surface area contributed by atoms with E-state index in [1.807, 2.05) is 55.3 Å². The molecule has 3 nitrogen and oxygen atoms in total. The third-order valence-electron chi connectivity index (χ3n) is 3.35. The van der Waals surface area contributed by atoms with Gasteiger partial charge in [-0.2, -0.15) is 0 Å². The van der Waals surface area contributed by atoms with Crippen LogP contribution in [0.1, 0.15) is 34.6 Å². The van der Waals surface area contributed by atoms with Crippen molar-refractivity contribution in [1.29, 1.82) is 0 Å². The third kappa shape index (κ3) is 3.02. The zero-order valence-electron chi connectivity index (χ0n) is 12.1. The molecule has 0 aliphatic heterocycles. The van der Waals surface area contributed by atoms with E-state index in [0.717, 1.165) is 5.56 Å². The first-order chi connectivity index (χ1) is 9.50. The Bertz CT molecular complexity index is 591. The van der Waals surface area contributed by atoms with Gasteiger partial charge in [0.15, 0.2) is 0 Å². The number of nitrogen functional groups attached to an aromatic ring is 1. The Morgan fingerprint density at radius 1 is 1.30 bits per heavy atom. The number of benzene rings is 1. The summed E-state index contributed by atoms with van der Waals surface area (Å²) in [6, 6.07) is 9.78. The van der Waals surface area contributed by atoms with Crippen LogP contribution in [-0.4, -0.2) is 16.8 Å². The van der Waals surface area contributed by atoms with E-state index in [2.05, 4.69) is 0 Å². The van der Waals surface area contributed by atoms with Gasteiger partial charge in [-0.15, -0.1) is 11.3 Å². The summed E-state index contributed by atoms with van der Waals surface area (Å²) in [5.74, 6) is -0.00500. The number of nitrogens with two attached hydrogens (primary N) is 1. The van der Waals surface area contributed by atoms with Gasteiger partial charge in [-0.25, -0.2) is 0 Å². The molecule has 106 valence electrons. The standard InChI is InChI=1S/C16H20N2OS/c1-11(2)18(10-13-7-5-9-20-13)16(19)14-8-4-6-12(3)15(14)17/h4-9,11H,10,17H2,1-3H3. The van der Waals surface area contributed by atoms with E-state index in [1.54, 1.807) is 17.4 Å². The van der Waals surface area contributed by atoms with Crippen molar-refractivity contribution < 1.29 is 4.79 Å². The molecule has 0 atom stereocenters. The highest BCUT2D eigenvalue weighted by Gasteiger charge is 2.21. The lowest BCUT2D eigenvalue weighted by atomic mass is 10.1. The molecule has 0 spiro atoms. The van der Waals surface area contributed by atoms with Gasteiger partial charge >= 0.3 is 0 Å². The van der Waals surface area contributed by atoms with Gasteiger partial charge in [0.1, 0.15) is 0 Å². The average Bonchev–Trinajstić information content (AvgIpc) is 2.91. The molecule has 0 unspecified atom stereocenters. The Kier molecular flexibility index (Phi) is 4.45. The number of carbonyl (C=O) groups excluding carboxylic acids is 1. The molecule has 0 aliphatic carbocycles. The van der Waals surface area contributed by atoms with Crippen molar-refractivity contribution in [3.05, 3.63) is 51.7 Å². The number of aryl methyl sites for hydroxylation is 1. The lowest BCUT2D eigenvalue weighted by Crippen LogP contribution is -2.36. The van der Waals surface area contributed by atoms with Gasteiger partial charge in [0, 0.05) is 16.6 Å². The summed E-state index contributed by atoms with van der Waals surface area (Å²) >= 11 is 1.66. The van der Waals surface area contributed by atoms with E-state index < -0.39 is 0 Å². The minimum absolute atomic E-state index is 0.00500. The van der Waals surface area contributed by atoms with E-state index in [9.17, 15) is 4.79 Å². The number of carbonyl (C=O) groups is 1. The van der Waals surface area contributed by atoms with Gasteiger partial charge in [0.25, 0.3) is 5.91 Å². The first kappa shape index (κ1) is 14.6. The van der Waals surface area contributed by atoms with Crippen LogP contribution in [0.25, 0.3) is 0 Å². The van der Waals surface area contributed by atoms with E-state index in [1.165, 1.54) is 4.88 Å². The van der Waals surface area contributed by atoms with Gasteiger partial charge in [-0.3, -0.25) is 4.79 Å². The van der Waals surface area contributed by atoms with Crippen LogP contribution in [0.5, 0.6) is 0 Å². The number of hydrogen-bond acceptors (Lipinski definition) is 3. The molecule has 0 saturated carbocycles. The molecule has 0 radical (unpaired) electrons. The van der Waals surface area contributed by atoms with Gasteiger partial charge in [0.2, 0.25) is 0 Å². The molecule has 4 heteroatoms. The van der Waals surface area contributed by atoms with Crippen molar-refractivity contribution >= 4 is 22.9 Å². The summed E-state index contributed by atoms with van der Waals surface area (Å²) in [7, 11) is 0. The van der Waals surface area contributed by atoms with Crippen LogP contribution in [-0.2, 0) is 6.54 Å². The molecule has 0 saturated heterocycles. The number of amides is 1. The van der Waals surface area contributed by atoms with Crippen LogP contribution in [0, 0.1) is 6.92 Å². The van der Waals surface area contributed by atoms with Gasteiger partial charge in [-0.05, 0) is 43.8 Å². The van der Waals surface area contributed by atoms with Crippen LogP contribution < -0.4 is 5.73 Å². The first-order valence-electron chi connectivity index (χ1n) is 6.69. The molecule has 1 heterocycles. The van der Waals surface area contributed by atoms with Crippen molar-refractivity contribution in [2.45, 2.75) is 33.4 Å². The fourth-order valence-corrected chi connectivity index (χ4v) is 2.78. The van der Waals surface area contributed by atoms with E-state index in [4.69, 9.17) is 5.73 Å². The second kappa shape index (κ2) is 6.09. The summed E-state index contributed by atoms with van der Waals surface area (Å²) in [5, 5.41) is 2.03. The smallest absolute Gasteiger partial charge is 0.256 e. The first-order valence-corrected chi connectivity index (χ1v) is 7.57. The van der Waals surface area contributed by atoms with E-state index >= 15 is 0 Å². The monoisotopic (exact) mass is 288 g/mol. The zero-order chi connectivity index (χ0) is 14.7. The van der Waals surface area contributed by atoms with Crippen molar-refractivity contribution in [2.24, 2.45) is 0 Å². The number of rotatable bonds is 4. The Labute approximate surface area is 124 Å². The summed E-state index contributed by atoms with van der Waals surface area (Å²) in [5.41, 5.74) is 8.16. The third-order valence-corrected chi connectivity index (χ3v) is 4.21. The van der Waals surface area contributed by atoms with Crippen LogP contribution in [0.4, 0.5) is 5.69 Å². The topological polar surface area (TPSA) is 46.3 Å². The van der Waals surface area contributed by atoms with E-state index in [-0.39, 0.29) is 11.9 Å². The van der Waals surface area contributed by atoms with Crippen LogP contribution in [0.15, 0.2) is 35.7 Å². The van der Waals surface area contributed by atoms with Gasteiger partial charge in [0.05, 0.1) is 12.1 Å². The Hall–Kier alpha value is -1.81. The van der Waals surface area contributed by atoms with Gasteiger partial charge < -0.3 is 10.6 Å². The molecule has 2 rings (SSSR count). The quantitative estimate of drug-likeness (QED) is 0.872. The molecule has 1 aromatic heterocycles. The van der Waals surface area contributed by atoms with Crippen LogP contribution in [0.3, 0.4) is 0 Å². The summed E-state index contributed by atoms with van der Waals surface area (Å²) < 4.78 is 0. The summed E-state index contributed by atoms with van der Waals surface area (Å²) in [4.78, 5) is 15.8. The highest BCUT2D eigenvalue weighted by molar-refractivity contribution is 7.09. The van der Waals surface area contributed by atoms with Crippen molar-refractivity contribution in [3.8, 4) is 0 Å². The number of nitrogens with zero attached hydrogens (tertiary/aromatic N) is 1. The molecular weight excluding hydrogens is 268 g/mol. The minimum Gasteiger partial charge on any atom is -0.398 e. The molecule has 0 fully saturated rings. The number of para-hydroxylation sites is 1. The fourth-order valence-electron chi connectivity index (χ4n) is 2.08. The Morgan fingerprint density at radius 2 is 2.05 bits per heavy atom. The maximum Gasteiger partial charge on any atom is 0.256 e. The molecule has 2 aromatic rings. The highest BCUT2D eigenvalue weighted by atomic mass is 32.1. The van der Waals surface area contributed by atoms with Crippen molar-refractivity contribution in [1.82, 2.24) is 4.90 Å². The average molecular weight is 288 g/mol. The molecular formula is C16H20N2OS. The largest absolute Gasteiger partial charge is 0.398 e.